The Bertz CT molecular complexity index is 1050. The van der Waals surface area contributed by atoms with E-state index in [4.69, 9.17) is 0 Å². The molecule has 3 aromatic rings. The summed E-state index contributed by atoms with van der Waals surface area (Å²) in [6.45, 7) is 8.59. The number of phenols is 1. The van der Waals surface area contributed by atoms with Gasteiger partial charge in [-0.3, -0.25) is 4.79 Å². The third-order valence-corrected chi connectivity index (χ3v) is 6.55. The number of carbonyl (C=O) groups is 1. The summed E-state index contributed by atoms with van der Waals surface area (Å²) in [5.41, 5.74) is 4.03. The minimum Gasteiger partial charge on any atom is -0.507 e. The van der Waals surface area contributed by atoms with Crippen molar-refractivity contribution >= 4 is 17.9 Å². The predicted octanol–water partition coefficient (Wildman–Crippen LogP) is 5.44. The van der Waals surface area contributed by atoms with Crippen molar-refractivity contribution in [3.05, 3.63) is 77.4 Å². The molecule has 0 amide bonds. The predicted molar refractivity (Wildman–Crippen MR) is 128 cm³/mol. The Labute approximate surface area is 194 Å². The number of aromatic nitrogens is 2. The first-order chi connectivity index (χ1) is 15.4. The number of nitrogens with zero attached hydrogens (tertiary/aromatic N) is 3. The number of carboxylic acid groups (broad SMARTS) is 1. The van der Waals surface area contributed by atoms with Crippen LogP contribution in [0.2, 0.25) is 0 Å². The van der Waals surface area contributed by atoms with Gasteiger partial charge in [0.25, 0.3) is 0 Å². The highest BCUT2D eigenvalue weighted by Crippen LogP contribution is 2.33. The number of phenolic OH excluding ortho intramolecular Hbond substituents is 1. The molecule has 0 bridgehead atoms. The molecule has 0 fully saturated rings. The van der Waals surface area contributed by atoms with E-state index in [0.717, 1.165) is 46.8 Å². The van der Waals surface area contributed by atoms with Crippen LogP contribution in [-0.2, 0) is 17.9 Å². The highest BCUT2D eigenvalue weighted by molar-refractivity contribution is 7.97. The van der Waals surface area contributed by atoms with Crippen LogP contribution in [0.4, 0.5) is 0 Å². The molecule has 0 aliphatic rings. The van der Waals surface area contributed by atoms with E-state index in [1.54, 1.807) is 24.3 Å². The molecule has 1 heterocycles. The third-order valence-electron chi connectivity index (χ3n) is 5.44. The van der Waals surface area contributed by atoms with Crippen LogP contribution in [0.5, 0.6) is 5.75 Å². The number of aliphatic carboxylic acids is 1. The van der Waals surface area contributed by atoms with Gasteiger partial charge in [-0.15, -0.1) is 0 Å². The Kier molecular flexibility index (Phi) is 8.36. The molecule has 3 rings (SSSR count). The van der Waals surface area contributed by atoms with Gasteiger partial charge in [0, 0.05) is 31.7 Å². The van der Waals surface area contributed by atoms with Gasteiger partial charge in [-0.2, -0.15) is 0 Å². The van der Waals surface area contributed by atoms with Crippen LogP contribution in [0.1, 0.15) is 55.0 Å². The summed E-state index contributed by atoms with van der Waals surface area (Å²) in [6.07, 6.45) is 4.67. The molecule has 170 valence electrons. The molecule has 7 heteroatoms. The summed E-state index contributed by atoms with van der Waals surface area (Å²) in [7, 11) is 0. The molecule has 6 nitrogen and oxygen atoms in total. The molecule has 2 N–H and O–H groups in total. The molecule has 0 aliphatic heterocycles. The lowest BCUT2D eigenvalue weighted by Gasteiger charge is -2.23. The van der Waals surface area contributed by atoms with Crippen LogP contribution in [0.3, 0.4) is 0 Å². The molecule has 0 aliphatic carbocycles. The first kappa shape index (κ1) is 23.9. The van der Waals surface area contributed by atoms with Crippen LogP contribution in [0.25, 0.3) is 0 Å². The van der Waals surface area contributed by atoms with Crippen molar-refractivity contribution in [2.45, 2.75) is 57.5 Å². The van der Waals surface area contributed by atoms with Crippen LogP contribution in [0, 0.1) is 6.92 Å². The fourth-order valence-electron chi connectivity index (χ4n) is 3.65. The van der Waals surface area contributed by atoms with E-state index < -0.39 is 5.97 Å². The summed E-state index contributed by atoms with van der Waals surface area (Å²) in [5.74, 6) is -0.868. The van der Waals surface area contributed by atoms with Gasteiger partial charge in [0.15, 0.2) is 0 Å². The SMILES string of the molecule is CCCN(Cc1cc(C(CC(=O)O)c2cn(CC)cn2)ccc1C)Sc1ccccc1O. The molecular weight excluding hydrogens is 422 g/mol. The molecular formula is C25H31N3O3S. The molecule has 1 atom stereocenters. The monoisotopic (exact) mass is 453 g/mol. The van der Waals surface area contributed by atoms with E-state index in [2.05, 4.69) is 35.3 Å². The Morgan fingerprint density at radius 3 is 2.66 bits per heavy atom. The van der Waals surface area contributed by atoms with Crippen molar-refractivity contribution in [3.63, 3.8) is 0 Å². The van der Waals surface area contributed by atoms with Crippen molar-refractivity contribution in [1.82, 2.24) is 13.9 Å². The molecule has 32 heavy (non-hydrogen) atoms. The number of imidazole rings is 1. The lowest BCUT2D eigenvalue weighted by Crippen LogP contribution is -2.17. The normalized spacial score (nSPS) is 12.2. The van der Waals surface area contributed by atoms with Gasteiger partial charge in [-0.1, -0.05) is 37.3 Å². The Hall–Kier alpha value is -2.77. The third kappa shape index (κ3) is 6.14. The Balaban J connectivity index is 1.89. The molecule has 0 saturated heterocycles. The van der Waals surface area contributed by atoms with Gasteiger partial charge in [0.2, 0.25) is 0 Å². The van der Waals surface area contributed by atoms with Gasteiger partial charge >= 0.3 is 5.97 Å². The van der Waals surface area contributed by atoms with Crippen molar-refractivity contribution < 1.29 is 15.0 Å². The maximum absolute atomic E-state index is 11.6. The minimum atomic E-state index is -0.842. The number of carboxylic acids is 1. The van der Waals surface area contributed by atoms with E-state index in [-0.39, 0.29) is 18.1 Å². The largest absolute Gasteiger partial charge is 0.507 e. The molecule has 2 aromatic carbocycles. The average molecular weight is 454 g/mol. The van der Waals surface area contributed by atoms with Gasteiger partial charge < -0.3 is 14.8 Å². The summed E-state index contributed by atoms with van der Waals surface area (Å²) < 4.78 is 4.20. The minimum absolute atomic E-state index is 0.00542. The van der Waals surface area contributed by atoms with Crippen molar-refractivity contribution in [1.29, 1.82) is 0 Å². The maximum atomic E-state index is 11.6. The maximum Gasteiger partial charge on any atom is 0.304 e. The second kappa shape index (κ2) is 11.2. The standard InChI is InChI=1S/C25H31N3O3S/c1-4-12-28(32-24-9-7-6-8-23(24)29)15-20-13-19(11-10-18(20)3)21(14-25(30)31)22-16-27(5-2)17-26-22/h6-11,13,16-17,21,29H,4-5,12,14-15H2,1-3H3,(H,30,31). The molecule has 1 unspecified atom stereocenters. The van der Waals surface area contributed by atoms with E-state index in [1.807, 2.05) is 42.0 Å². The number of benzene rings is 2. The number of aromatic hydroxyl groups is 1. The van der Waals surface area contributed by atoms with E-state index in [9.17, 15) is 15.0 Å². The van der Waals surface area contributed by atoms with Gasteiger partial charge in [0.05, 0.1) is 23.3 Å². The summed E-state index contributed by atoms with van der Waals surface area (Å²) in [4.78, 5) is 16.9. The molecule has 0 radical (unpaired) electrons. The highest BCUT2D eigenvalue weighted by atomic mass is 32.2. The van der Waals surface area contributed by atoms with Gasteiger partial charge in [-0.05, 0) is 61.0 Å². The zero-order chi connectivity index (χ0) is 23.1. The van der Waals surface area contributed by atoms with Crippen LogP contribution < -0.4 is 0 Å². The smallest absolute Gasteiger partial charge is 0.304 e. The Morgan fingerprint density at radius 2 is 2.00 bits per heavy atom. The topological polar surface area (TPSA) is 78.6 Å². The number of hydrogen-bond acceptors (Lipinski definition) is 5. The molecule has 0 saturated carbocycles. The fourth-order valence-corrected chi connectivity index (χ4v) is 4.70. The zero-order valence-electron chi connectivity index (χ0n) is 18.9. The Morgan fingerprint density at radius 1 is 1.22 bits per heavy atom. The lowest BCUT2D eigenvalue weighted by atomic mass is 9.90. The average Bonchev–Trinajstić information content (AvgIpc) is 3.24. The second-order valence-corrected chi connectivity index (χ2v) is 9.03. The van der Waals surface area contributed by atoms with E-state index in [1.165, 1.54) is 0 Å². The molecule has 1 aromatic heterocycles. The van der Waals surface area contributed by atoms with Crippen molar-refractivity contribution in [2.75, 3.05) is 6.54 Å². The summed E-state index contributed by atoms with van der Waals surface area (Å²) in [6, 6.07) is 13.5. The van der Waals surface area contributed by atoms with E-state index in [0.29, 0.717) is 6.54 Å². The first-order valence-corrected chi connectivity index (χ1v) is 11.7. The fraction of sp³-hybridized carbons (Fsp3) is 0.360. The lowest BCUT2D eigenvalue weighted by molar-refractivity contribution is -0.137. The van der Waals surface area contributed by atoms with Gasteiger partial charge in [0.1, 0.15) is 5.75 Å². The number of rotatable bonds is 11. The number of hydrogen-bond donors (Lipinski definition) is 2. The van der Waals surface area contributed by atoms with Crippen LogP contribution in [-0.4, -0.2) is 36.6 Å². The highest BCUT2D eigenvalue weighted by Gasteiger charge is 2.22. The second-order valence-electron chi connectivity index (χ2n) is 7.89. The number of para-hydroxylation sites is 1. The first-order valence-electron chi connectivity index (χ1n) is 10.9. The molecule has 0 spiro atoms. The van der Waals surface area contributed by atoms with Gasteiger partial charge in [-0.25, -0.2) is 9.29 Å². The summed E-state index contributed by atoms with van der Waals surface area (Å²) in [5, 5.41) is 19.7. The van der Waals surface area contributed by atoms with Crippen molar-refractivity contribution in [2.24, 2.45) is 0 Å². The zero-order valence-corrected chi connectivity index (χ0v) is 19.7. The van der Waals surface area contributed by atoms with Crippen LogP contribution >= 0.6 is 11.9 Å². The quantitative estimate of drug-likeness (QED) is 0.376. The van der Waals surface area contributed by atoms with E-state index >= 15 is 0 Å². The number of aryl methyl sites for hydroxylation is 2. The summed E-state index contributed by atoms with van der Waals surface area (Å²) >= 11 is 1.54. The van der Waals surface area contributed by atoms with Crippen molar-refractivity contribution in [3.8, 4) is 5.75 Å². The van der Waals surface area contributed by atoms with Crippen LogP contribution in [0.15, 0.2) is 59.9 Å².